The molecule has 0 aliphatic carbocycles. The molecule has 0 bridgehead atoms. The van der Waals surface area contributed by atoms with Gasteiger partial charge in [0.2, 0.25) is 21.9 Å². The summed E-state index contributed by atoms with van der Waals surface area (Å²) in [4.78, 5) is 36.2. The number of imide groups is 1. The molecule has 3 aliphatic heterocycles. The fourth-order valence-electron chi connectivity index (χ4n) is 7.16. The number of fused-ring (bicyclic) bond motifs is 1. The molecule has 3 saturated heterocycles. The minimum Gasteiger partial charge on any atom is -0.351 e. The predicted octanol–water partition coefficient (Wildman–Crippen LogP) is 4.57. The van der Waals surface area contributed by atoms with E-state index in [1.165, 1.54) is 14.8 Å². The topological polar surface area (TPSA) is 146 Å². The minimum absolute atomic E-state index is 0.0712. The summed E-state index contributed by atoms with van der Waals surface area (Å²) in [5, 5.41) is 11.0. The molecule has 2 N–H and O–H groups in total. The Kier molecular flexibility index (Phi) is 9.50. The Morgan fingerprint density at radius 1 is 0.961 bits per heavy atom. The van der Waals surface area contributed by atoms with Crippen molar-refractivity contribution in [1.29, 1.82) is 0 Å². The summed E-state index contributed by atoms with van der Waals surface area (Å²) in [5.41, 5.74) is 2.83. The molecule has 7 rings (SSSR count). The maximum absolute atomic E-state index is 13.6. The van der Waals surface area contributed by atoms with Gasteiger partial charge in [0.05, 0.1) is 16.0 Å². The van der Waals surface area contributed by atoms with E-state index < -0.39 is 22.0 Å². The van der Waals surface area contributed by atoms with Gasteiger partial charge in [-0.3, -0.25) is 24.6 Å². The maximum atomic E-state index is 13.6. The van der Waals surface area contributed by atoms with Gasteiger partial charge in [-0.25, -0.2) is 32.0 Å². The van der Waals surface area contributed by atoms with E-state index in [2.05, 4.69) is 42.7 Å². The van der Waals surface area contributed by atoms with E-state index in [4.69, 9.17) is 0 Å². The zero-order valence-corrected chi connectivity index (χ0v) is 29.4. The van der Waals surface area contributed by atoms with Crippen LogP contribution in [0.25, 0.3) is 10.9 Å². The summed E-state index contributed by atoms with van der Waals surface area (Å²) in [7, 11) is -1.84. The van der Waals surface area contributed by atoms with E-state index in [9.17, 15) is 26.8 Å². The van der Waals surface area contributed by atoms with Crippen molar-refractivity contribution in [2.45, 2.75) is 68.4 Å². The lowest BCUT2D eigenvalue weighted by molar-refractivity contribution is -0.120. The van der Waals surface area contributed by atoms with Crippen LogP contribution in [0.1, 0.15) is 61.6 Å². The van der Waals surface area contributed by atoms with Crippen molar-refractivity contribution >= 4 is 44.6 Å². The number of likely N-dealkylation sites (tertiary alicyclic amines) is 1. The summed E-state index contributed by atoms with van der Waals surface area (Å²) < 4.78 is 57.5. The SMILES string of the molecule is Cn1nc(N2CCC(=O)NC2=O)c2ccc(C3CCN(Cc4cccc(S(=O)(=O)N5CCC(Nc6ncc(C(C)(F)F)cn6)CC5)c4)CC3)cc21. The summed E-state index contributed by atoms with van der Waals surface area (Å²) in [5.74, 6) is -2.15. The van der Waals surface area contributed by atoms with Gasteiger partial charge in [-0.05, 0) is 80.1 Å². The molecular formula is C35H41F2N9O4S. The van der Waals surface area contributed by atoms with Crippen molar-refractivity contribution in [1.82, 2.24) is 34.3 Å². The van der Waals surface area contributed by atoms with Crippen molar-refractivity contribution in [2.24, 2.45) is 7.05 Å². The number of carbonyl (C=O) groups excluding carboxylic acids is 2. The molecule has 3 fully saturated rings. The van der Waals surface area contributed by atoms with Gasteiger partial charge in [-0.1, -0.05) is 18.2 Å². The number of hydrogen-bond acceptors (Lipinski definition) is 9. The van der Waals surface area contributed by atoms with Crippen LogP contribution < -0.4 is 15.5 Å². The van der Waals surface area contributed by atoms with E-state index in [-0.39, 0.29) is 34.8 Å². The van der Waals surface area contributed by atoms with Crippen LogP contribution in [0.15, 0.2) is 59.8 Å². The Labute approximate surface area is 295 Å². The van der Waals surface area contributed by atoms with Crippen LogP contribution in [0.5, 0.6) is 0 Å². The van der Waals surface area contributed by atoms with Crippen molar-refractivity contribution in [3.8, 4) is 0 Å². The normalized spacial score (nSPS) is 19.1. The number of anilines is 2. The number of nitrogens with zero attached hydrogens (tertiary/aromatic N) is 7. The number of piperidine rings is 2. The number of nitrogens with one attached hydrogen (secondary N) is 2. The highest BCUT2D eigenvalue weighted by molar-refractivity contribution is 7.89. The van der Waals surface area contributed by atoms with E-state index in [0.717, 1.165) is 61.7 Å². The number of alkyl halides is 2. The number of rotatable bonds is 9. The fraction of sp³-hybridized carbons (Fsp3) is 0.457. The van der Waals surface area contributed by atoms with Crippen LogP contribution in [-0.4, -0.2) is 88.1 Å². The molecule has 2 aromatic heterocycles. The Balaban J connectivity index is 0.930. The molecule has 16 heteroatoms. The number of carbonyl (C=O) groups is 2. The molecule has 0 unspecified atom stereocenters. The fourth-order valence-corrected chi connectivity index (χ4v) is 8.70. The van der Waals surface area contributed by atoms with Crippen LogP contribution in [-0.2, 0) is 34.3 Å². The first-order valence-corrected chi connectivity index (χ1v) is 18.7. The molecule has 13 nitrogen and oxygen atoms in total. The van der Waals surface area contributed by atoms with Gasteiger partial charge in [-0.2, -0.15) is 9.40 Å². The van der Waals surface area contributed by atoms with Crippen LogP contribution >= 0.6 is 0 Å². The van der Waals surface area contributed by atoms with Crippen molar-refractivity contribution in [3.05, 3.63) is 71.5 Å². The molecular weight excluding hydrogens is 681 g/mol. The first-order valence-electron chi connectivity index (χ1n) is 17.2. The van der Waals surface area contributed by atoms with E-state index in [1.54, 1.807) is 22.9 Å². The molecule has 270 valence electrons. The second-order valence-corrected chi connectivity index (χ2v) is 15.6. The van der Waals surface area contributed by atoms with Crippen molar-refractivity contribution < 1.29 is 26.8 Å². The summed E-state index contributed by atoms with van der Waals surface area (Å²) >= 11 is 0. The molecule has 0 saturated carbocycles. The van der Waals surface area contributed by atoms with Crippen molar-refractivity contribution in [3.63, 3.8) is 0 Å². The molecule has 3 aliphatic rings. The van der Waals surface area contributed by atoms with Crippen molar-refractivity contribution in [2.75, 3.05) is 42.9 Å². The second kappa shape index (κ2) is 13.9. The van der Waals surface area contributed by atoms with Gasteiger partial charge >= 0.3 is 6.03 Å². The van der Waals surface area contributed by atoms with Crippen LogP contribution in [0.4, 0.5) is 25.3 Å². The van der Waals surface area contributed by atoms with Gasteiger partial charge in [0.15, 0.2) is 5.82 Å². The molecule has 3 amide bonds. The molecule has 51 heavy (non-hydrogen) atoms. The first kappa shape index (κ1) is 34.9. The third kappa shape index (κ3) is 7.44. The lowest BCUT2D eigenvalue weighted by Gasteiger charge is -2.33. The standard InChI is InChI=1S/C35H41F2N9O4S/c1-35(36,37)26-20-38-33(39-21-26)40-27-10-15-45(16-11-27)51(49,50)28-5-3-4-23(18-28)22-44-13-8-24(9-14-44)25-6-7-29-30(19-25)43(2)42-32(29)46-17-12-31(47)41-34(46)48/h3-7,18-21,24,27H,8-17,22H2,1-2H3,(H,38,39,40)(H,41,47,48). The molecule has 0 spiro atoms. The highest BCUT2D eigenvalue weighted by Gasteiger charge is 2.32. The highest BCUT2D eigenvalue weighted by Crippen LogP contribution is 2.34. The van der Waals surface area contributed by atoms with Crippen LogP contribution in [0, 0.1) is 0 Å². The summed E-state index contributed by atoms with van der Waals surface area (Å²) in [6.45, 7) is 4.12. The summed E-state index contributed by atoms with van der Waals surface area (Å²) in [6.07, 6.45) is 5.43. The monoisotopic (exact) mass is 721 g/mol. The summed E-state index contributed by atoms with van der Waals surface area (Å²) in [6, 6.07) is 12.9. The number of halogens is 2. The number of aryl methyl sites for hydroxylation is 1. The number of hydrogen-bond donors (Lipinski definition) is 2. The Morgan fingerprint density at radius 3 is 2.37 bits per heavy atom. The largest absolute Gasteiger partial charge is 0.351 e. The molecule has 4 aromatic rings. The average molecular weight is 722 g/mol. The van der Waals surface area contributed by atoms with Gasteiger partial charge in [-0.15, -0.1) is 0 Å². The number of urea groups is 1. The number of amides is 3. The number of sulfonamides is 1. The lowest BCUT2D eigenvalue weighted by Crippen LogP contribution is -2.49. The van der Waals surface area contributed by atoms with E-state index in [0.29, 0.717) is 50.8 Å². The minimum atomic E-state index is -3.70. The smallest absolute Gasteiger partial charge is 0.329 e. The Hall–Kier alpha value is -4.54. The predicted molar refractivity (Wildman–Crippen MR) is 187 cm³/mol. The molecule has 5 heterocycles. The van der Waals surface area contributed by atoms with Crippen LogP contribution in [0.3, 0.4) is 0 Å². The third-order valence-electron chi connectivity index (χ3n) is 10.1. The molecule has 0 radical (unpaired) electrons. The van der Waals surface area contributed by atoms with Crippen LogP contribution in [0.2, 0.25) is 0 Å². The van der Waals surface area contributed by atoms with E-state index >= 15 is 0 Å². The molecule has 0 atom stereocenters. The number of benzene rings is 2. The first-order chi connectivity index (χ1) is 24.3. The Bertz CT molecular complexity index is 2040. The van der Waals surface area contributed by atoms with Gasteiger partial charge in [0.25, 0.3) is 5.92 Å². The van der Waals surface area contributed by atoms with Gasteiger partial charge in [0, 0.05) is 70.4 Å². The number of aromatic nitrogens is 4. The third-order valence-corrected chi connectivity index (χ3v) is 12.0. The van der Waals surface area contributed by atoms with Gasteiger partial charge in [0.1, 0.15) is 0 Å². The lowest BCUT2D eigenvalue weighted by atomic mass is 9.89. The average Bonchev–Trinajstić information content (AvgIpc) is 3.44. The van der Waals surface area contributed by atoms with Gasteiger partial charge < -0.3 is 5.32 Å². The molecule has 2 aromatic carbocycles. The quantitative estimate of drug-likeness (QED) is 0.254. The second-order valence-electron chi connectivity index (χ2n) is 13.7. The zero-order valence-electron chi connectivity index (χ0n) is 28.6. The zero-order chi connectivity index (χ0) is 35.9. The maximum Gasteiger partial charge on any atom is 0.329 e. The van der Waals surface area contributed by atoms with E-state index in [1.807, 2.05) is 19.2 Å². The highest BCUT2D eigenvalue weighted by atomic mass is 32.2. The Morgan fingerprint density at radius 2 is 1.69 bits per heavy atom.